The molecule has 2 aromatic carbocycles. The molecule has 1 amide bonds. The zero-order valence-corrected chi connectivity index (χ0v) is 20.1. The molecule has 0 saturated carbocycles. The quantitative estimate of drug-likeness (QED) is 0.655. The molecular formula is C22H29N3O5S2. The number of sulfonamides is 2. The number of nitrogens with one attached hydrogen (secondary N) is 1. The van der Waals surface area contributed by atoms with Crippen LogP contribution in [0.3, 0.4) is 0 Å². The van der Waals surface area contributed by atoms with Crippen LogP contribution in [-0.2, 0) is 31.4 Å². The molecule has 0 bridgehead atoms. The van der Waals surface area contributed by atoms with Gasteiger partial charge in [0.15, 0.2) is 0 Å². The summed E-state index contributed by atoms with van der Waals surface area (Å²) in [7, 11) is -7.48. The highest BCUT2D eigenvalue weighted by Crippen LogP contribution is 2.29. The predicted octanol–water partition coefficient (Wildman–Crippen LogP) is 1.98. The molecule has 1 aliphatic heterocycles. The molecule has 3 N–H and O–H groups in total. The van der Waals surface area contributed by atoms with Crippen LogP contribution in [0.15, 0.2) is 46.2 Å². The third-order valence-electron chi connectivity index (χ3n) is 5.68. The molecule has 1 unspecified atom stereocenters. The second-order valence-electron chi connectivity index (χ2n) is 8.34. The van der Waals surface area contributed by atoms with Crippen LogP contribution in [0.5, 0.6) is 0 Å². The fourth-order valence-electron chi connectivity index (χ4n) is 4.21. The predicted molar refractivity (Wildman–Crippen MR) is 122 cm³/mol. The van der Waals surface area contributed by atoms with Crippen molar-refractivity contribution in [1.82, 2.24) is 9.62 Å². The van der Waals surface area contributed by atoms with E-state index in [2.05, 4.69) is 5.32 Å². The molecule has 1 aliphatic rings. The van der Waals surface area contributed by atoms with Crippen LogP contribution in [0.1, 0.15) is 35.1 Å². The van der Waals surface area contributed by atoms with Gasteiger partial charge in [-0.25, -0.2) is 22.0 Å². The van der Waals surface area contributed by atoms with Crippen LogP contribution in [0.25, 0.3) is 0 Å². The number of piperidine rings is 1. The molecule has 0 aliphatic carbocycles. The Hall–Kier alpha value is -2.27. The minimum Gasteiger partial charge on any atom is -0.352 e. The first-order valence-corrected chi connectivity index (χ1v) is 13.4. The summed E-state index contributed by atoms with van der Waals surface area (Å²) in [5.74, 6) is -0.675. The van der Waals surface area contributed by atoms with Gasteiger partial charge in [0.25, 0.3) is 0 Å². The molecule has 1 saturated heterocycles. The van der Waals surface area contributed by atoms with E-state index in [1.54, 1.807) is 26.0 Å². The van der Waals surface area contributed by atoms with E-state index in [-0.39, 0.29) is 23.9 Å². The van der Waals surface area contributed by atoms with Crippen LogP contribution >= 0.6 is 0 Å². The largest absolute Gasteiger partial charge is 0.352 e. The summed E-state index contributed by atoms with van der Waals surface area (Å²) >= 11 is 0. The van der Waals surface area contributed by atoms with Crippen LogP contribution < -0.4 is 10.5 Å². The van der Waals surface area contributed by atoms with Gasteiger partial charge in [-0.05, 0) is 62.4 Å². The zero-order chi connectivity index (χ0) is 23.7. The average molecular weight is 480 g/mol. The molecule has 1 heterocycles. The van der Waals surface area contributed by atoms with E-state index in [0.29, 0.717) is 35.4 Å². The van der Waals surface area contributed by atoms with Gasteiger partial charge in [-0.1, -0.05) is 29.8 Å². The van der Waals surface area contributed by atoms with Crippen LogP contribution in [0.2, 0.25) is 0 Å². The lowest BCUT2D eigenvalue weighted by Crippen LogP contribution is -2.45. The first-order valence-electron chi connectivity index (χ1n) is 10.4. The second-order valence-corrected chi connectivity index (χ2v) is 11.8. The van der Waals surface area contributed by atoms with Crippen molar-refractivity contribution in [1.29, 1.82) is 0 Å². The number of amides is 1. The van der Waals surface area contributed by atoms with Gasteiger partial charge in [-0.2, -0.15) is 4.31 Å². The van der Waals surface area contributed by atoms with Gasteiger partial charge in [0, 0.05) is 19.6 Å². The Morgan fingerprint density at radius 1 is 1.06 bits per heavy atom. The highest BCUT2D eigenvalue weighted by Gasteiger charge is 2.34. The van der Waals surface area contributed by atoms with E-state index in [1.807, 2.05) is 19.1 Å². The van der Waals surface area contributed by atoms with E-state index in [4.69, 9.17) is 5.14 Å². The summed E-state index contributed by atoms with van der Waals surface area (Å²) in [5, 5.41) is 7.92. The van der Waals surface area contributed by atoms with Crippen molar-refractivity contribution in [3.8, 4) is 0 Å². The molecule has 0 spiro atoms. The second kappa shape index (κ2) is 9.30. The van der Waals surface area contributed by atoms with Gasteiger partial charge in [0.05, 0.1) is 15.7 Å². The molecule has 0 radical (unpaired) electrons. The number of nitrogens with two attached hydrogens (primary N) is 1. The van der Waals surface area contributed by atoms with Crippen molar-refractivity contribution in [2.24, 2.45) is 11.1 Å². The van der Waals surface area contributed by atoms with Crippen molar-refractivity contribution < 1.29 is 21.6 Å². The Balaban J connectivity index is 1.68. The summed E-state index contributed by atoms with van der Waals surface area (Å²) in [6.45, 7) is 6.24. The van der Waals surface area contributed by atoms with Crippen molar-refractivity contribution in [2.45, 2.75) is 49.9 Å². The van der Waals surface area contributed by atoms with E-state index in [9.17, 15) is 21.6 Å². The Kier molecular flexibility index (Phi) is 7.09. The maximum Gasteiger partial charge on any atom is 0.243 e. The molecule has 32 heavy (non-hydrogen) atoms. The SMILES string of the molecule is Cc1cc(C)c(S(=O)(=O)N2CCCC(C(=O)NCc3ccc(S(N)(=O)=O)cc3)C2)c(C)c1. The number of hydrogen-bond donors (Lipinski definition) is 2. The average Bonchev–Trinajstić information content (AvgIpc) is 2.70. The Morgan fingerprint density at radius 2 is 1.66 bits per heavy atom. The lowest BCUT2D eigenvalue weighted by Gasteiger charge is -2.32. The lowest BCUT2D eigenvalue weighted by molar-refractivity contribution is -0.126. The van der Waals surface area contributed by atoms with Gasteiger partial charge in [-0.3, -0.25) is 4.79 Å². The normalized spacial score (nSPS) is 17.8. The third-order valence-corrected chi connectivity index (χ3v) is 8.78. The number of carbonyl (C=O) groups is 1. The number of aryl methyl sites for hydroxylation is 3. The lowest BCUT2D eigenvalue weighted by atomic mass is 9.99. The smallest absolute Gasteiger partial charge is 0.243 e. The summed E-state index contributed by atoms with van der Waals surface area (Å²) in [6.07, 6.45) is 1.21. The van der Waals surface area contributed by atoms with Crippen molar-refractivity contribution in [3.63, 3.8) is 0 Å². The van der Waals surface area contributed by atoms with Crippen molar-refractivity contribution >= 4 is 26.0 Å². The van der Waals surface area contributed by atoms with Gasteiger partial charge in [0.2, 0.25) is 26.0 Å². The summed E-state index contributed by atoms with van der Waals surface area (Å²) < 4.78 is 50.8. The molecule has 174 valence electrons. The molecule has 10 heteroatoms. The minimum atomic E-state index is -3.77. The number of benzene rings is 2. The van der Waals surface area contributed by atoms with Crippen LogP contribution in [0.4, 0.5) is 0 Å². The molecule has 3 rings (SSSR count). The van der Waals surface area contributed by atoms with E-state index >= 15 is 0 Å². The number of primary sulfonamides is 1. The third kappa shape index (κ3) is 5.37. The van der Waals surface area contributed by atoms with Crippen molar-refractivity contribution in [2.75, 3.05) is 13.1 Å². The number of rotatable bonds is 6. The van der Waals surface area contributed by atoms with Crippen LogP contribution in [0, 0.1) is 26.7 Å². The summed E-state index contributed by atoms with van der Waals surface area (Å²) in [6, 6.07) is 9.65. The van der Waals surface area contributed by atoms with Crippen LogP contribution in [-0.4, -0.2) is 40.1 Å². The molecule has 8 nitrogen and oxygen atoms in total. The highest BCUT2D eigenvalue weighted by atomic mass is 32.2. The molecular weight excluding hydrogens is 450 g/mol. The Labute approximate surface area is 189 Å². The Bertz CT molecular complexity index is 1200. The standard InChI is InChI=1S/C22H29N3O5S2/c1-15-11-16(2)21(17(3)12-15)32(29,30)25-10-4-5-19(14-25)22(26)24-13-18-6-8-20(9-7-18)31(23,27)28/h6-9,11-12,19H,4-5,10,13-14H2,1-3H3,(H,24,26)(H2,23,27,28). The number of carbonyl (C=O) groups excluding carboxylic acids is 1. The molecule has 1 fully saturated rings. The monoisotopic (exact) mass is 479 g/mol. The number of hydrogen-bond acceptors (Lipinski definition) is 5. The first kappa shape index (κ1) is 24.4. The first-order chi connectivity index (χ1) is 14.9. The van der Waals surface area contributed by atoms with Gasteiger partial charge < -0.3 is 5.32 Å². The van der Waals surface area contributed by atoms with E-state index < -0.39 is 26.0 Å². The van der Waals surface area contributed by atoms with Gasteiger partial charge in [0.1, 0.15) is 0 Å². The molecule has 0 aromatic heterocycles. The fourth-order valence-corrected chi connectivity index (χ4v) is 6.66. The maximum atomic E-state index is 13.3. The maximum absolute atomic E-state index is 13.3. The minimum absolute atomic E-state index is 0.00222. The van der Waals surface area contributed by atoms with E-state index in [0.717, 1.165) is 11.1 Å². The topological polar surface area (TPSA) is 127 Å². The highest BCUT2D eigenvalue weighted by molar-refractivity contribution is 7.89. The summed E-state index contributed by atoms with van der Waals surface area (Å²) in [5.41, 5.74) is 3.14. The van der Waals surface area contributed by atoms with Gasteiger partial charge >= 0.3 is 0 Å². The van der Waals surface area contributed by atoms with Gasteiger partial charge in [-0.15, -0.1) is 0 Å². The summed E-state index contributed by atoms with van der Waals surface area (Å²) in [4.78, 5) is 13.1. The Morgan fingerprint density at radius 3 is 2.22 bits per heavy atom. The van der Waals surface area contributed by atoms with E-state index in [1.165, 1.54) is 16.4 Å². The zero-order valence-electron chi connectivity index (χ0n) is 18.5. The molecule has 2 aromatic rings. The molecule has 1 atom stereocenters. The van der Waals surface area contributed by atoms with Crippen molar-refractivity contribution in [3.05, 3.63) is 58.7 Å². The fraction of sp³-hybridized carbons (Fsp3) is 0.409. The number of nitrogens with zero attached hydrogens (tertiary/aromatic N) is 1.